The zero-order valence-corrected chi connectivity index (χ0v) is 10.7. The summed E-state index contributed by atoms with van der Waals surface area (Å²) in [5, 5.41) is 10.6. The van der Waals surface area contributed by atoms with Crippen molar-refractivity contribution >= 4 is 22.3 Å². The van der Waals surface area contributed by atoms with Crippen molar-refractivity contribution in [1.29, 1.82) is 0 Å². The minimum Gasteiger partial charge on any atom is -0.481 e. The topological polar surface area (TPSA) is 57.8 Å². The number of nitrogens with zero attached hydrogens (tertiary/aromatic N) is 3. The highest BCUT2D eigenvalue weighted by Crippen LogP contribution is 2.17. The number of carboxylic acid groups (broad SMARTS) is 1. The lowest BCUT2D eigenvalue weighted by Gasteiger charge is -2.15. The van der Waals surface area contributed by atoms with E-state index in [1.165, 1.54) is 0 Å². The average molecular weight is 253 g/mol. The molecule has 0 spiro atoms. The van der Waals surface area contributed by atoms with Crippen molar-refractivity contribution in [1.82, 2.24) is 14.3 Å². The second-order valence-corrected chi connectivity index (χ2v) is 4.95. The molecule has 0 saturated carbocycles. The first-order valence-electron chi connectivity index (χ1n) is 5.39. The maximum absolute atomic E-state index is 10.5. The minimum absolute atomic E-state index is 0.168. The van der Waals surface area contributed by atoms with Crippen LogP contribution in [-0.2, 0) is 11.3 Å². The second-order valence-electron chi connectivity index (χ2n) is 4.08. The molecule has 0 atom stereocenters. The number of carbonyl (C=O) groups is 1. The molecule has 0 aliphatic heterocycles. The van der Waals surface area contributed by atoms with Crippen LogP contribution in [0.1, 0.15) is 17.8 Å². The smallest absolute Gasteiger partial charge is 0.304 e. The van der Waals surface area contributed by atoms with E-state index in [1.54, 1.807) is 11.3 Å². The molecule has 0 amide bonds. The van der Waals surface area contributed by atoms with E-state index in [2.05, 4.69) is 9.38 Å². The third-order valence-electron chi connectivity index (χ3n) is 2.69. The summed E-state index contributed by atoms with van der Waals surface area (Å²) >= 11 is 1.61. The van der Waals surface area contributed by atoms with Gasteiger partial charge in [-0.15, -0.1) is 11.3 Å². The molecule has 0 aromatic carbocycles. The minimum atomic E-state index is -0.762. The fraction of sp³-hybridized carbons (Fsp3) is 0.455. The summed E-state index contributed by atoms with van der Waals surface area (Å²) in [7, 11) is 1.92. The van der Waals surface area contributed by atoms with Crippen molar-refractivity contribution < 1.29 is 9.90 Å². The van der Waals surface area contributed by atoms with E-state index in [0.29, 0.717) is 6.54 Å². The van der Waals surface area contributed by atoms with Crippen molar-refractivity contribution in [3.05, 3.63) is 23.0 Å². The number of aryl methyl sites for hydroxylation is 1. The number of hydrogen-bond acceptors (Lipinski definition) is 4. The molecule has 0 bridgehead atoms. The fourth-order valence-corrected chi connectivity index (χ4v) is 2.53. The molecule has 17 heavy (non-hydrogen) atoms. The van der Waals surface area contributed by atoms with Crippen LogP contribution in [0.15, 0.2) is 11.6 Å². The van der Waals surface area contributed by atoms with Gasteiger partial charge in [-0.2, -0.15) is 0 Å². The Kier molecular flexibility index (Phi) is 3.44. The maximum Gasteiger partial charge on any atom is 0.304 e. The Morgan fingerprint density at radius 1 is 1.65 bits per heavy atom. The number of rotatable bonds is 5. The largest absolute Gasteiger partial charge is 0.481 e. The predicted octanol–water partition coefficient (Wildman–Crippen LogP) is 1.61. The van der Waals surface area contributed by atoms with Gasteiger partial charge in [0.25, 0.3) is 0 Å². The van der Waals surface area contributed by atoms with Crippen molar-refractivity contribution in [2.75, 3.05) is 13.6 Å². The van der Waals surface area contributed by atoms with Gasteiger partial charge in [-0.1, -0.05) is 0 Å². The molecule has 0 aliphatic carbocycles. The van der Waals surface area contributed by atoms with Crippen LogP contribution in [0.2, 0.25) is 0 Å². The van der Waals surface area contributed by atoms with Gasteiger partial charge < -0.3 is 5.11 Å². The van der Waals surface area contributed by atoms with Gasteiger partial charge in [0.1, 0.15) is 0 Å². The molecule has 0 radical (unpaired) electrons. The van der Waals surface area contributed by atoms with Crippen LogP contribution >= 0.6 is 11.3 Å². The van der Waals surface area contributed by atoms with Crippen molar-refractivity contribution in [2.24, 2.45) is 0 Å². The zero-order chi connectivity index (χ0) is 12.4. The van der Waals surface area contributed by atoms with Gasteiger partial charge in [-0.3, -0.25) is 14.1 Å². The molecular weight excluding hydrogens is 238 g/mol. The van der Waals surface area contributed by atoms with Gasteiger partial charge in [-0.05, 0) is 14.0 Å². The number of imidazole rings is 1. The molecule has 0 fully saturated rings. The number of carboxylic acids is 1. The van der Waals surface area contributed by atoms with E-state index in [1.807, 2.05) is 30.4 Å². The summed E-state index contributed by atoms with van der Waals surface area (Å²) in [6, 6.07) is 0. The van der Waals surface area contributed by atoms with Crippen LogP contribution in [0.3, 0.4) is 0 Å². The molecule has 2 heterocycles. The van der Waals surface area contributed by atoms with E-state index < -0.39 is 5.97 Å². The van der Waals surface area contributed by atoms with Crippen molar-refractivity contribution in [3.8, 4) is 0 Å². The first kappa shape index (κ1) is 12.1. The van der Waals surface area contributed by atoms with Gasteiger partial charge in [0.05, 0.1) is 17.8 Å². The van der Waals surface area contributed by atoms with E-state index in [0.717, 1.165) is 22.9 Å². The first-order chi connectivity index (χ1) is 8.08. The molecule has 2 rings (SSSR count). The Morgan fingerprint density at radius 2 is 2.41 bits per heavy atom. The Labute approximate surface area is 103 Å². The Hall–Kier alpha value is -1.40. The average Bonchev–Trinajstić information content (AvgIpc) is 2.79. The summed E-state index contributed by atoms with van der Waals surface area (Å²) < 4.78 is 2.07. The highest BCUT2D eigenvalue weighted by atomic mass is 32.1. The SMILES string of the molecule is Cc1nc2sccn2c1CN(C)CCC(=O)O. The summed E-state index contributed by atoms with van der Waals surface area (Å²) in [5.74, 6) is -0.762. The van der Waals surface area contributed by atoms with Crippen LogP contribution in [0, 0.1) is 6.92 Å². The number of hydrogen-bond donors (Lipinski definition) is 1. The summed E-state index contributed by atoms with van der Waals surface area (Å²) in [6.45, 7) is 3.25. The molecule has 0 aliphatic rings. The molecular formula is C11H15N3O2S. The van der Waals surface area contributed by atoms with Crippen LogP contribution in [0.25, 0.3) is 4.96 Å². The molecule has 1 N–H and O–H groups in total. The second kappa shape index (κ2) is 4.85. The monoisotopic (exact) mass is 253 g/mol. The molecule has 0 unspecified atom stereocenters. The van der Waals surface area contributed by atoms with Crippen molar-refractivity contribution in [2.45, 2.75) is 19.9 Å². The highest BCUT2D eigenvalue weighted by Gasteiger charge is 2.12. The van der Waals surface area contributed by atoms with E-state index in [-0.39, 0.29) is 6.42 Å². The lowest BCUT2D eigenvalue weighted by Crippen LogP contribution is -2.22. The summed E-state index contributed by atoms with van der Waals surface area (Å²) in [4.78, 5) is 18.0. The highest BCUT2D eigenvalue weighted by molar-refractivity contribution is 7.15. The molecule has 2 aromatic heterocycles. The van der Waals surface area contributed by atoms with Gasteiger partial charge in [0.15, 0.2) is 4.96 Å². The lowest BCUT2D eigenvalue weighted by molar-refractivity contribution is -0.137. The van der Waals surface area contributed by atoms with Crippen LogP contribution < -0.4 is 0 Å². The normalized spacial score (nSPS) is 11.5. The lowest BCUT2D eigenvalue weighted by atomic mass is 10.3. The van der Waals surface area contributed by atoms with Gasteiger partial charge >= 0.3 is 5.97 Å². The number of thiazole rings is 1. The van der Waals surface area contributed by atoms with Crippen LogP contribution in [0.5, 0.6) is 0 Å². The third-order valence-corrected chi connectivity index (χ3v) is 3.44. The quantitative estimate of drug-likeness (QED) is 0.879. The number of fused-ring (bicyclic) bond motifs is 1. The Bertz CT molecular complexity index is 532. The Balaban J connectivity index is 2.09. The van der Waals surface area contributed by atoms with Gasteiger partial charge in [0, 0.05) is 24.7 Å². The summed E-state index contributed by atoms with van der Waals surface area (Å²) in [6.07, 6.45) is 2.17. The standard InChI is InChI=1S/C11H15N3O2S/c1-8-9(7-13(2)4-3-10(15)16)14-5-6-17-11(14)12-8/h5-6H,3-4,7H2,1-2H3,(H,15,16). The van der Waals surface area contributed by atoms with Crippen molar-refractivity contribution in [3.63, 3.8) is 0 Å². The van der Waals surface area contributed by atoms with Crippen LogP contribution in [0.4, 0.5) is 0 Å². The fourth-order valence-electron chi connectivity index (χ4n) is 1.75. The van der Waals surface area contributed by atoms with Gasteiger partial charge in [0.2, 0.25) is 0 Å². The van der Waals surface area contributed by atoms with E-state index >= 15 is 0 Å². The zero-order valence-electron chi connectivity index (χ0n) is 9.88. The summed E-state index contributed by atoms with van der Waals surface area (Å²) in [5.41, 5.74) is 2.15. The predicted molar refractivity (Wildman–Crippen MR) is 66.4 cm³/mol. The molecule has 0 saturated heterocycles. The van der Waals surface area contributed by atoms with E-state index in [4.69, 9.17) is 5.11 Å². The molecule has 2 aromatic rings. The molecule has 92 valence electrons. The number of aromatic nitrogens is 2. The Morgan fingerprint density at radius 3 is 3.12 bits per heavy atom. The number of aliphatic carboxylic acids is 1. The van der Waals surface area contributed by atoms with Crippen LogP contribution in [-0.4, -0.2) is 39.0 Å². The van der Waals surface area contributed by atoms with E-state index in [9.17, 15) is 4.79 Å². The first-order valence-corrected chi connectivity index (χ1v) is 6.27. The maximum atomic E-state index is 10.5. The third kappa shape index (κ3) is 2.65. The molecule has 6 heteroatoms. The molecule has 5 nitrogen and oxygen atoms in total. The van der Waals surface area contributed by atoms with Gasteiger partial charge in [-0.25, -0.2) is 4.98 Å².